The zero-order chi connectivity index (χ0) is 15.1. The second-order valence-electron chi connectivity index (χ2n) is 4.37. The Morgan fingerprint density at radius 3 is 2.86 bits per heavy atom. The average molecular weight is 286 g/mol. The number of aromatic nitrogens is 2. The first-order valence-corrected chi connectivity index (χ1v) is 6.75. The molecule has 2 rings (SSSR count). The summed E-state index contributed by atoms with van der Waals surface area (Å²) < 4.78 is 5.26. The van der Waals surface area contributed by atoms with Crippen LogP contribution in [0.3, 0.4) is 0 Å². The van der Waals surface area contributed by atoms with Crippen molar-refractivity contribution in [2.75, 3.05) is 19.0 Å². The van der Waals surface area contributed by atoms with E-state index in [0.29, 0.717) is 23.8 Å². The highest BCUT2D eigenvalue weighted by molar-refractivity contribution is 5.93. The highest BCUT2D eigenvalue weighted by Crippen LogP contribution is 2.25. The van der Waals surface area contributed by atoms with Gasteiger partial charge < -0.3 is 15.4 Å². The molecule has 0 atom stereocenters. The molecule has 0 aliphatic carbocycles. The van der Waals surface area contributed by atoms with Crippen LogP contribution in [-0.4, -0.2) is 29.5 Å². The molecule has 2 N–H and O–H groups in total. The Labute approximate surface area is 123 Å². The van der Waals surface area contributed by atoms with Crippen LogP contribution in [-0.2, 0) is 0 Å². The molecule has 0 aliphatic heterocycles. The van der Waals surface area contributed by atoms with Gasteiger partial charge in [0.15, 0.2) is 0 Å². The van der Waals surface area contributed by atoms with Crippen molar-refractivity contribution in [2.24, 2.45) is 0 Å². The molecule has 1 heterocycles. The summed E-state index contributed by atoms with van der Waals surface area (Å²) in [6.07, 6.45) is 2.24. The van der Waals surface area contributed by atoms with Crippen LogP contribution < -0.4 is 15.4 Å². The molecule has 1 amide bonds. The summed E-state index contributed by atoms with van der Waals surface area (Å²) in [5, 5.41) is 5.90. The van der Waals surface area contributed by atoms with Gasteiger partial charge in [-0.1, -0.05) is 19.1 Å². The first-order chi connectivity index (χ1) is 10.2. The number of carbonyl (C=O) groups is 1. The maximum atomic E-state index is 11.9. The Bertz CT molecular complexity index is 616. The number of amides is 1. The fraction of sp³-hybridized carbons (Fsp3) is 0.267. The van der Waals surface area contributed by atoms with Gasteiger partial charge in [0.1, 0.15) is 23.6 Å². The highest BCUT2D eigenvalue weighted by Gasteiger charge is 2.09. The minimum Gasteiger partial charge on any atom is -0.495 e. The van der Waals surface area contributed by atoms with Crippen LogP contribution >= 0.6 is 0 Å². The van der Waals surface area contributed by atoms with Gasteiger partial charge in [-0.05, 0) is 18.6 Å². The molecule has 0 bridgehead atoms. The predicted molar refractivity (Wildman–Crippen MR) is 80.9 cm³/mol. The topological polar surface area (TPSA) is 76.1 Å². The maximum Gasteiger partial charge on any atom is 0.270 e. The van der Waals surface area contributed by atoms with E-state index < -0.39 is 0 Å². The smallest absolute Gasteiger partial charge is 0.270 e. The molecule has 6 heteroatoms. The lowest BCUT2D eigenvalue weighted by Crippen LogP contribution is -2.25. The van der Waals surface area contributed by atoms with E-state index in [9.17, 15) is 4.79 Å². The van der Waals surface area contributed by atoms with Gasteiger partial charge in [-0.3, -0.25) is 4.79 Å². The van der Waals surface area contributed by atoms with E-state index in [0.717, 1.165) is 12.1 Å². The van der Waals surface area contributed by atoms with Gasteiger partial charge in [-0.2, -0.15) is 0 Å². The van der Waals surface area contributed by atoms with Crippen LogP contribution in [0.15, 0.2) is 36.7 Å². The summed E-state index contributed by atoms with van der Waals surface area (Å²) in [7, 11) is 1.60. The SMILES string of the molecule is CCCNC(=O)c1cc(Nc2ccccc2OC)ncn1. The van der Waals surface area contributed by atoms with Crippen LogP contribution in [0.25, 0.3) is 0 Å². The number of nitrogens with one attached hydrogen (secondary N) is 2. The Morgan fingerprint density at radius 1 is 1.29 bits per heavy atom. The third-order valence-electron chi connectivity index (χ3n) is 2.80. The zero-order valence-corrected chi connectivity index (χ0v) is 12.1. The van der Waals surface area contributed by atoms with Crippen molar-refractivity contribution in [2.45, 2.75) is 13.3 Å². The van der Waals surface area contributed by atoms with Gasteiger partial charge in [-0.25, -0.2) is 9.97 Å². The van der Waals surface area contributed by atoms with Crippen molar-refractivity contribution in [1.82, 2.24) is 15.3 Å². The van der Waals surface area contributed by atoms with Gasteiger partial charge in [0.2, 0.25) is 0 Å². The van der Waals surface area contributed by atoms with Crippen LogP contribution in [0, 0.1) is 0 Å². The van der Waals surface area contributed by atoms with Crippen molar-refractivity contribution < 1.29 is 9.53 Å². The first kappa shape index (κ1) is 14.8. The van der Waals surface area contributed by atoms with E-state index in [1.54, 1.807) is 13.2 Å². The van der Waals surface area contributed by atoms with E-state index in [1.807, 2.05) is 31.2 Å². The fourth-order valence-electron chi connectivity index (χ4n) is 1.76. The van der Waals surface area contributed by atoms with Gasteiger partial charge in [0.05, 0.1) is 12.8 Å². The largest absolute Gasteiger partial charge is 0.495 e. The molecule has 0 saturated heterocycles. The summed E-state index contributed by atoms with van der Waals surface area (Å²) in [4.78, 5) is 20.0. The lowest BCUT2D eigenvalue weighted by atomic mass is 10.3. The minimum absolute atomic E-state index is 0.206. The molecule has 0 radical (unpaired) electrons. The molecule has 2 aromatic rings. The Hall–Kier alpha value is -2.63. The van der Waals surface area contributed by atoms with E-state index >= 15 is 0 Å². The van der Waals surface area contributed by atoms with Crippen LogP contribution in [0.4, 0.5) is 11.5 Å². The van der Waals surface area contributed by atoms with Gasteiger partial charge in [0.25, 0.3) is 5.91 Å². The van der Waals surface area contributed by atoms with E-state index in [-0.39, 0.29) is 5.91 Å². The molecular formula is C15H18N4O2. The number of carbonyl (C=O) groups excluding carboxylic acids is 1. The highest BCUT2D eigenvalue weighted by atomic mass is 16.5. The van der Waals surface area contributed by atoms with Crippen molar-refractivity contribution >= 4 is 17.4 Å². The van der Waals surface area contributed by atoms with Gasteiger partial charge in [-0.15, -0.1) is 0 Å². The second kappa shape index (κ2) is 7.23. The van der Waals surface area contributed by atoms with Crippen LogP contribution in [0.2, 0.25) is 0 Å². The monoisotopic (exact) mass is 286 g/mol. The number of rotatable bonds is 6. The van der Waals surface area contributed by atoms with Crippen LogP contribution in [0.5, 0.6) is 5.75 Å². The summed E-state index contributed by atoms with van der Waals surface area (Å²) >= 11 is 0. The lowest BCUT2D eigenvalue weighted by molar-refractivity contribution is 0.0948. The Kier molecular flexibility index (Phi) is 5.09. The van der Waals surface area contributed by atoms with E-state index in [1.165, 1.54) is 6.33 Å². The normalized spacial score (nSPS) is 10.0. The molecule has 0 unspecified atom stereocenters. The number of para-hydroxylation sites is 2. The third kappa shape index (κ3) is 3.92. The first-order valence-electron chi connectivity index (χ1n) is 6.75. The average Bonchev–Trinajstić information content (AvgIpc) is 2.53. The number of methoxy groups -OCH3 is 1. The quantitative estimate of drug-likeness (QED) is 0.852. The van der Waals surface area contributed by atoms with Crippen molar-refractivity contribution in [1.29, 1.82) is 0 Å². The molecule has 0 saturated carbocycles. The molecule has 110 valence electrons. The van der Waals surface area contributed by atoms with Crippen molar-refractivity contribution in [3.05, 3.63) is 42.4 Å². The van der Waals surface area contributed by atoms with Crippen molar-refractivity contribution in [3.8, 4) is 5.75 Å². The van der Waals surface area contributed by atoms with Crippen molar-refractivity contribution in [3.63, 3.8) is 0 Å². The number of nitrogens with zero attached hydrogens (tertiary/aromatic N) is 2. The van der Waals surface area contributed by atoms with E-state index in [4.69, 9.17) is 4.74 Å². The summed E-state index contributed by atoms with van der Waals surface area (Å²) in [5.74, 6) is 1.03. The molecule has 0 aliphatic rings. The van der Waals surface area contributed by atoms with Gasteiger partial charge >= 0.3 is 0 Å². The standard InChI is InChI=1S/C15H18N4O2/c1-3-8-16-15(20)12-9-14(18-10-17-12)19-11-6-4-5-7-13(11)21-2/h4-7,9-10H,3,8H2,1-2H3,(H,16,20)(H,17,18,19). The molecule has 1 aromatic carbocycles. The number of anilines is 2. The lowest BCUT2D eigenvalue weighted by Gasteiger charge is -2.10. The van der Waals surface area contributed by atoms with Crippen LogP contribution in [0.1, 0.15) is 23.8 Å². The zero-order valence-electron chi connectivity index (χ0n) is 12.1. The molecular weight excluding hydrogens is 268 g/mol. The van der Waals surface area contributed by atoms with Gasteiger partial charge in [0, 0.05) is 12.6 Å². The number of hydrogen-bond acceptors (Lipinski definition) is 5. The number of ether oxygens (including phenoxy) is 1. The predicted octanol–water partition coefficient (Wildman–Crippen LogP) is 2.37. The molecule has 21 heavy (non-hydrogen) atoms. The molecule has 0 fully saturated rings. The summed E-state index contributed by atoms with van der Waals surface area (Å²) in [5.41, 5.74) is 1.11. The Morgan fingerprint density at radius 2 is 2.10 bits per heavy atom. The minimum atomic E-state index is -0.206. The summed E-state index contributed by atoms with van der Waals surface area (Å²) in [6.45, 7) is 2.62. The molecule has 0 spiro atoms. The third-order valence-corrected chi connectivity index (χ3v) is 2.80. The summed E-state index contributed by atoms with van der Waals surface area (Å²) in [6, 6.07) is 9.10. The number of hydrogen-bond donors (Lipinski definition) is 2. The molecule has 6 nitrogen and oxygen atoms in total. The van der Waals surface area contributed by atoms with E-state index in [2.05, 4.69) is 20.6 Å². The molecule has 1 aromatic heterocycles. The fourth-order valence-corrected chi connectivity index (χ4v) is 1.76. The second-order valence-corrected chi connectivity index (χ2v) is 4.37. The number of benzene rings is 1. The maximum absolute atomic E-state index is 11.9. The Balaban J connectivity index is 2.16.